The minimum atomic E-state index is -1.42. The Bertz CT molecular complexity index is 788. The van der Waals surface area contributed by atoms with Crippen LogP contribution < -0.4 is 5.32 Å². The van der Waals surface area contributed by atoms with E-state index < -0.39 is 17.1 Å². The van der Waals surface area contributed by atoms with Crippen molar-refractivity contribution in [2.75, 3.05) is 25.5 Å². The van der Waals surface area contributed by atoms with E-state index in [-0.39, 0.29) is 24.0 Å². The molecule has 7 nitrogen and oxygen atoms in total. The molecule has 0 aliphatic heterocycles. The minimum Gasteiger partial charge on any atom is -0.441 e. The third-order valence-electron chi connectivity index (χ3n) is 3.74. The molecule has 2 rings (SSSR count). The largest absolute Gasteiger partial charge is 0.441 e. The first-order valence-corrected chi connectivity index (χ1v) is 10.9. The number of hydrogen-bond acceptors (Lipinski definition) is 6. The molecule has 1 aromatic carbocycles. The summed E-state index contributed by atoms with van der Waals surface area (Å²) in [6.07, 6.45) is -0.507. The van der Waals surface area contributed by atoms with Gasteiger partial charge in [0.1, 0.15) is 11.5 Å². The molecule has 1 heterocycles. The van der Waals surface area contributed by atoms with Crippen molar-refractivity contribution in [3.8, 4) is 11.5 Å². The summed E-state index contributed by atoms with van der Waals surface area (Å²) in [6.45, 7) is 6.62. The summed E-state index contributed by atoms with van der Waals surface area (Å²) >= 11 is 5.89. The Labute approximate surface area is 172 Å². The average Bonchev–Trinajstić information content (AvgIpc) is 3.01. The highest BCUT2D eigenvalue weighted by atomic mass is 35.5. The van der Waals surface area contributed by atoms with Gasteiger partial charge >= 0.3 is 0 Å². The number of benzene rings is 1. The Morgan fingerprint density at radius 1 is 1.25 bits per heavy atom. The number of nitrogens with zero attached hydrogens (tertiary/aromatic N) is 1. The van der Waals surface area contributed by atoms with Gasteiger partial charge in [0.15, 0.2) is 6.29 Å². The molecule has 1 atom stereocenters. The molecule has 1 aromatic heterocycles. The number of ether oxygens (including phenoxy) is 2. The van der Waals surface area contributed by atoms with Crippen LogP contribution in [0.1, 0.15) is 25.3 Å². The molecular weight excluding hydrogens is 404 g/mol. The lowest BCUT2D eigenvalue weighted by Crippen LogP contribution is -2.37. The third-order valence-corrected chi connectivity index (χ3v) is 5.18. The van der Waals surface area contributed by atoms with Crippen LogP contribution in [0.4, 0.5) is 0 Å². The second-order valence-electron chi connectivity index (χ2n) is 5.90. The summed E-state index contributed by atoms with van der Waals surface area (Å²) < 4.78 is 28.7. The van der Waals surface area contributed by atoms with Crippen molar-refractivity contribution in [1.82, 2.24) is 10.3 Å². The highest BCUT2D eigenvalue weighted by Gasteiger charge is 2.17. The van der Waals surface area contributed by atoms with Gasteiger partial charge < -0.3 is 19.2 Å². The number of nitrogens with one attached hydrogen (secondary N) is 1. The first-order valence-electron chi connectivity index (χ1n) is 9.00. The molecule has 0 aliphatic rings. The van der Waals surface area contributed by atoms with Gasteiger partial charge in [-0.15, -0.1) is 0 Å². The number of oxazole rings is 1. The molecule has 0 bridgehead atoms. The van der Waals surface area contributed by atoms with E-state index in [0.717, 1.165) is 5.56 Å². The summed E-state index contributed by atoms with van der Waals surface area (Å²) in [5, 5.41) is 3.30. The minimum absolute atomic E-state index is 0.131. The summed E-state index contributed by atoms with van der Waals surface area (Å²) in [6, 6.07) is 7.09. The van der Waals surface area contributed by atoms with Gasteiger partial charge in [-0.2, -0.15) is 0 Å². The number of carbonyl (C=O) groups excluding carboxylic acids is 1. The molecular formula is C19H25ClN2O5S. The van der Waals surface area contributed by atoms with Crippen LogP contribution in [0, 0.1) is 6.92 Å². The quantitative estimate of drug-likeness (QED) is 0.553. The van der Waals surface area contributed by atoms with Crippen molar-refractivity contribution >= 4 is 28.3 Å². The Kier molecular flexibility index (Phi) is 9.11. The molecule has 0 spiro atoms. The number of halogens is 1. The molecule has 2 aromatic rings. The first kappa shape index (κ1) is 22.5. The summed E-state index contributed by atoms with van der Waals surface area (Å²) in [5.74, 6) is 0.680. The zero-order chi connectivity index (χ0) is 20.5. The molecule has 0 aliphatic carbocycles. The fourth-order valence-corrected chi connectivity index (χ4v) is 3.61. The number of amides is 1. The topological polar surface area (TPSA) is 90.7 Å². The molecule has 1 unspecified atom stereocenters. The van der Waals surface area contributed by atoms with Gasteiger partial charge in [0.25, 0.3) is 0 Å². The van der Waals surface area contributed by atoms with E-state index in [4.69, 9.17) is 25.5 Å². The van der Waals surface area contributed by atoms with Gasteiger partial charge in [0.2, 0.25) is 11.8 Å². The molecule has 0 fully saturated rings. The van der Waals surface area contributed by atoms with Crippen molar-refractivity contribution in [1.29, 1.82) is 0 Å². The molecule has 28 heavy (non-hydrogen) atoms. The standard InChI is InChI=1S/C19H25ClN2O5S/c1-4-25-18(26-5-2)10-21-17(23)12-28(24)11-16-13(3)27-19(22-16)14-6-8-15(20)9-7-14/h6-9,18H,4-5,10-12H2,1-3H3,(H,21,23). The molecule has 1 amide bonds. The molecule has 154 valence electrons. The smallest absolute Gasteiger partial charge is 0.232 e. The SMILES string of the molecule is CCOC(CNC(=O)CS(=O)Cc1nc(-c2ccc(Cl)cc2)oc1C)OCC. The number of hydrogen-bond donors (Lipinski definition) is 1. The van der Waals surface area contributed by atoms with Gasteiger partial charge in [0.05, 0.1) is 18.0 Å². The fourth-order valence-electron chi connectivity index (χ4n) is 2.41. The molecule has 0 saturated carbocycles. The normalized spacial score (nSPS) is 12.3. The lowest BCUT2D eigenvalue weighted by Gasteiger charge is -2.17. The number of aryl methyl sites for hydroxylation is 1. The Hall–Kier alpha value is -1.74. The van der Waals surface area contributed by atoms with Crippen molar-refractivity contribution in [2.45, 2.75) is 32.8 Å². The van der Waals surface area contributed by atoms with Crippen molar-refractivity contribution < 1.29 is 22.9 Å². The number of carbonyl (C=O) groups is 1. The highest BCUT2D eigenvalue weighted by molar-refractivity contribution is 7.84. The zero-order valence-electron chi connectivity index (χ0n) is 16.2. The van der Waals surface area contributed by atoms with Crippen molar-refractivity contribution in [3.05, 3.63) is 40.7 Å². The van der Waals surface area contributed by atoms with E-state index in [2.05, 4.69) is 10.3 Å². The first-order chi connectivity index (χ1) is 13.4. The Morgan fingerprint density at radius 3 is 2.50 bits per heavy atom. The van der Waals surface area contributed by atoms with Gasteiger partial charge in [-0.05, 0) is 45.0 Å². The average molecular weight is 429 g/mol. The van der Waals surface area contributed by atoms with Gasteiger partial charge in [0, 0.05) is 34.6 Å². The summed E-state index contributed by atoms with van der Waals surface area (Å²) in [7, 11) is -1.42. The van der Waals surface area contributed by atoms with E-state index in [0.29, 0.717) is 35.6 Å². The van der Waals surface area contributed by atoms with Crippen LogP contribution in [0.15, 0.2) is 28.7 Å². The second-order valence-corrected chi connectivity index (χ2v) is 7.80. The maximum atomic E-state index is 12.4. The Morgan fingerprint density at radius 2 is 1.89 bits per heavy atom. The zero-order valence-corrected chi connectivity index (χ0v) is 17.8. The predicted molar refractivity (Wildman–Crippen MR) is 108 cm³/mol. The Balaban J connectivity index is 1.88. The van der Waals surface area contributed by atoms with Crippen molar-refractivity contribution in [3.63, 3.8) is 0 Å². The van der Waals surface area contributed by atoms with Gasteiger partial charge in [-0.25, -0.2) is 4.98 Å². The lowest BCUT2D eigenvalue weighted by molar-refractivity contribution is -0.139. The van der Waals surface area contributed by atoms with E-state index in [9.17, 15) is 9.00 Å². The van der Waals surface area contributed by atoms with Crippen LogP contribution in [-0.2, 0) is 30.8 Å². The maximum Gasteiger partial charge on any atom is 0.232 e. The summed E-state index contributed by atoms with van der Waals surface area (Å²) in [4.78, 5) is 16.4. The highest BCUT2D eigenvalue weighted by Crippen LogP contribution is 2.24. The predicted octanol–water partition coefficient (Wildman–Crippen LogP) is 3.07. The molecule has 0 saturated heterocycles. The van der Waals surface area contributed by atoms with Crippen molar-refractivity contribution in [2.24, 2.45) is 0 Å². The molecule has 0 radical (unpaired) electrons. The van der Waals surface area contributed by atoms with Gasteiger partial charge in [-0.3, -0.25) is 9.00 Å². The van der Waals surface area contributed by atoms with Crippen LogP contribution in [-0.4, -0.2) is 46.9 Å². The van der Waals surface area contributed by atoms with Crippen LogP contribution in [0.3, 0.4) is 0 Å². The van der Waals surface area contributed by atoms with E-state index in [1.165, 1.54) is 0 Å². The van der Waals surface area contributed by atoms with Crippen LogP contribution in [0.2, 0.25) is 5.02 Å². The van der Waals surface area contributed by atoms with E-state index in [1.54, 1.807) is 31.2 Å². The maximum absolute atomic E-state index is 12.4. The molecule has 1 N–H and O–H groups in total. The second kappa shape index (κ2) is 11.3. The molecule has 9 heteroatoms. The lowest BCUT2D eigenvalue weighted by atomic mass is 10.2. The fraction of sp³-hybridized carbons (Fsp3) is 0.474. The van der Waals surface area contributed by atoms with Crippen LogP contribution in [0.25, 0.3) is 11.5 Å². The number of aromatic nitrogens is 1. The summed E-state index contributed by atoms with van der Waals surface area (Å²) in [5.41, 5.74) is 1.35. The monoisotopic (exact) mass is 428 g/mol. The van der Waals surface area contributed by atoms with Crippen LogP contribution in [0.5, 0.6) is 0 Å². The third kappa shape index (κ3) is 7.01. The van der Waals surface area contributed by atoms with E-state index in [1.807, 2.05) is 13.8 Å². The van der Waals surface area contributed by atoms with E-state index >= 15 is 0 Å². The van der Waals surface area contributed by atoms with Gasteiger partial charge in [-0.1, -0.05) is 11.6 Å². The van der Waals surface area contributed by atoms with Crippen LogP contribution >= 0.6 is 11.6 Å². The number of rotatable bonds is 11.